The SMILES string of the molecule is NCCCN/C(=N\c1ccc(OCCCC(F)(F)F)cc1)N1CCC(Cc2ccccc2)CC1.O=C(O)C(F)(F)F.O=C(O)C(F)(F)F. The fourth-order valence-corrected chi connectivity index (χ4v) is 4.02. The highest BCUT2D eigenvalue weighted by Gasteiger charge is 2.39. The van der Waals surface area contributed by atoms with Crippen molar-refractivity contribution in [3.05, 3.63) is 60.2 Å². The van der Waals surface area contributed by atoms with Crippen molar-refractivity contribution >= 4 is 23.6 Å². The van der Waals surface area contributed by atoms with Gasteiger partial charge in [0.2, 0.25) is 0 Å². The molecule has 5 N–H and O–H groups in total. The lowest BCUT2D eigenvalue weighted by atomic mass is 9.90. The quantitative estimate of drug-likeness (QED) is 0.0946. The van der Waals surface area contributed by atoms with Crippen LogP contribution < -0.4 is 15.8 Å². The van der Waals surface area contributed by atoms with Gasteiger partial charge in [-0.15, -0.1) is 0 Å². The van der Waals surface area contributed by atoms with E-state index in [4.69, 9.17) is 35.3 Å². The smallest absolute Gasteiger partial charge is 0.490 e. The number of carboxylic acids is 2. The summed E-state index contributed by atoms with van der Waals surface area (Å²) < 4.78 is 106. The third kappa shape index (κ3) is 18.8. The van der Waals surface area contributed by atoms with E-state index < -0.39 is 36.9 Å². The van der Waals surface area contributed by atoms with Gasteiger partial charge in [-0.25, -0.2) is 14.6 Å². The summed E-state index contributed by atoms with van der Waals surface area (Å²) in [4.78, 5) is 24.9. The number of guanidine groups is 1. The van der Waals surface area contributed by atoms with E-state index in [9.17, 15) is 39.5 Å². The first-order valence-electron chi connectivity index (χ1n) is 14.5. The Hall–Kier alpha value is -4.22. The lowest BCUT2D eigenvalue weighted by Crippen LogP contribution is -2.46. The number of nitrogens with two attached hydrogens (primary N) is 1. The normalized spacial score (nSPS) is 14.2. The van der Waals surface area contributed by atoms with Crippen LogP contribution in [0, 0.1) is 5.92 Å². The molecule has 0 saturated carbocycles. The van der Waals surface area contributed by atoms with E-state index in [1.807, 2.05) is 12.1 Å². The molecule has 1 aliphatic heterocycles. The molecule has 3 rings (SSSR count). The molecular weight excluding hydrogens is 667 g/mol. The molecule has 0 unspecified atom stereocenters. The van der Waals surface area contributed by atoms with Gasteiger partial charge in [-0.3, -0.25) is 0 Å². The molecule has 0 aliphatic carbocycles. The van der Waals surface area contributed by atoms with E-state index in [0.29, 0.717) is 18.2 Å². The zero-order valence-corrected chi connectivity index (χ0v) is 25.5. The Morgan fingerprint density at radius 2 is 1.38 bits per heavy atom. The number of hydrogen-bond donors (Lipinski definition) is 4. The van der Waals surface area contributed by atoms with Crippen LogP contribution in [0.2, 0.25) is 0 Å². The largest absolute Gasteiger partial charge is 0.494 e. The standard InChI is InChI=1S/C26H35F3N4O.2C2HF3O2/c27-26(28,29)14-4-19-34-24-10-8-23(9-11-24)32-25(31-16-5-15-30)33-17-12-22(13-18-33)20-21-6-2-1-3-7-21;2*3-2(4,5)1(6)7/h1-3,6-11,22H,4-5,12-20,30H2,(H,31,32);2*(H,6,7). The van der Waals surface area contributed by atoms with Crippen LogP contribution in [0.3, 0.4) is 0 Å². The molecule has 0 atom stereocenters. The molecule has 48 heavy (non-hydrogen) atoms. The van der Waals surface area contributed by atoms with Crippen molar-refractivity contribution < 1.29 is 64.1 Å². The summed E-state index contributed by atoms with van der Waals surface area (Å²) in [6.07, 6.45) is -11.0. The highest BCUT2D eigenvalue weighted by atomic mass is 19.4. The Balaban J connectivity index is 0.000000687. The van der Waals surface area contributed by atoms with E-state index in [2.05, 4.69) is 40.5 Å². The predicted molar refractivity (Wildman–Crippen MR) is 158 cm³/mol. The van der Waals surface area contributed by atoms with Crippen LogP contribution in [-0.2, 0) is 16.0 Å². The number of carboxylic acid groups (broad SMARTS) is 2. The van der Waals surface area contributed by atoms with Crippen LogP contribution in [-0.4, -0.2) is 84.3 Å². The third-order valence-corrected chi connectivity index (χ3v) is 6.38. The van der Waals surface area contributed by atoms with Crippen LogP contribution in [0.15, 0.2) is 59.6 Å². The second kappa shape index (κ2) is 20.2. The summed E-state index contributed by atoms with van der Waals surface area (Å²) in [5, 5.41) is 17.7. The number of ether oxygens (including phenoxy) is 1. The average Bonchev–Trinajstić information content (AvgIpc) is 3.00. The lowest BCUT2D eigenvalue weighted by molar-refractivity contribution is -0.193. The summed E-state index contributed by atoms with van der Waals surface area (Å²) >= 11 is 0. The molecule has 18 heteroatoms. The number of benzene rings is 2. The monoisotopic (exact) mass is 704 g/mol. The van der Waals surface area contributed by atoms with Gasteiger partial charge in [0.05, 0.1) is 12.3 Å². The Morgan fingerprint density at radius 1 is 0.854 bits per heavy atom. The van der Waals surface area contributed by atoms with Gasteiger partial charge in [0.15, 0.2) is 5.96 Å². The van der Waals surface area contributed by atoms with E-state index in [1.54, 1.807) is 12.1 Å². The van der Waals surface area contributed by atoms with Crippen molar-refractivity contribution in [3.63, 3.8) is 0 Å². The number of hydrogen-bond acceptors (Lipinski definition) is 5. The summed E-state index contributed by atoms with van der Waals surface area (Å²) in [5.41, 5.74) is 7.81. The maximum absolute atomic E-state index is 12.3. The molecule has 2 aromatic rings. The van der Waals surface area contributed by atoms with Crippen LogP contribution in [0.4, 0.5) is 45.2 Å². The van der Waals surface area contributed by atoms with Crippen LogP contribution in [0.25, 0.3) is 0 Å². The average molecular weight is 705 g/mol. The van der Waals surface area contributed by atoms with Gasteiger partial charge in [-0.2, -0.15) is 39.5 Å². The molecule has 1 fully saturated rings. The minimum absolute atomic E-state index is 0.0337. The van der Waals surface area contributed by atoms with Gasteiger partial charge in [0.25, 0.3) is 0 Å². The third-order valence-electron chi connectivity index (χ3n) is 6.38. The number of nitrogens with zero attached hydrogens (tertiary/aromatic N) is 2. The maximum atomic E-state index is 12.3. The lowest BCUT2D eigenvalue weighted by Gasteiger charge is -2.34. The van der Waals surface area contributed by atoms with E-state index in [0.717, 1.165) is 57.0 Å². The van der Waals surface area contributed by atoms with Crippen LogP contribution in [0.1, 0.15) is 37.7 Å². The van der Waals surface area contributed by atoms with E-state index in [1.165, 1.54) is 5.56 Å². The number of halogens is 9. The molecule has 0 amide bonds. The Bertz CT molecular complexity index is 1220. The molecule has 1 saturated heterocycles. The number of nitrogens with one attached hydrogen (secondary N) is 1. The van der Waals surface area contributed by atoms with Gasteiger partial charge in [0.1, 0.15) is 5.75 Å². The molecule has 0 bridgehead atoms. The number of aliphatic imine (C=N–C) groups is 1. The zero-order valence-electron chi connectivity index (χ0n) is 25.5. The fraction of sp³-hybridized carbons (Fsp3) is 0.500. The van der Waals surface area contributed by atoms with Gasteiger partial charge < -0.3 is 30.9 Å². The number of carbonyl (C=O) groups is 2. The predicted octanol–water partition coefficient (Wildman–Crippen LogP) is 6.56. The first-order chi connectivity index (χ1) is 22.3. The van der Waals surface area contributed by atoms with Crippen molar-refractivity contribution in [1.29, 1.82) is 0 Å². The van der Waals surface area contributed by atoms with E-state index in [-0.39, 0.29) is 13.0 Å². The molecule has 2 aromatic carbocycles. The molecule has 0 aromatic heterocycles. The summed E-state index contributed by atoms with van der Waals surface area (Å²) in [6.45, 7) is 3.27. The molecule has 1 heterocycles. The minimum Gasteiger partial charge on any atom is -0.494 e. The van der Waals surface area contributed by atoms with Gasteiger partial charge in [0, 0.05) is 26.1 Å². The summed E-state index contributed by atoms with van der Waals surface area (Å²) in [5.74, 6) is -3.47. The van der Waals surface area contributed by atoms with Crippen LogP contribution >= 0.6 is 0 Å². The van der Waals surface area contributed by atoms with Gasteiger partial charge in [-0.1, -0.05) is 30.3 Å². The first kappa shape index (κ1) is 41.8. The van der Waals surface area contributed by atoms with Crippen molar-refractivity contribution in [2.75, 3.05) is 32.8 Å². The highest BCUT2D eigenvalue weighted by Crippen LogP contribution is 2.25. The van der Waals surface area contributed by atoms with Gasteiger partial charge >= 0.3 is 30.5 Å². The topological polar surface area (TPSA) is 137 Å². The Labute approximate surface area is 270 Å². The van der Waals surface area contributed by atoms with Crippen molar-refractivity contribution in [1.82, 2.24) is 10.2 Å². The van der Waals surface area contributed by atoms with Crippen molar-refractivity contribution in [2.24, 2.45) is 16.6 Å². The summed E-state index contributed by atoms with van der Waals surface area (Å²) in [6, 6.07) is 17.8. The number of piperidine rings is 1. The molecule has 9 nitrogen and oxygen atoms in total. The molecule has 0 radical (unpaired) electrons. The highest BCUT2D eigenvalue weighted by molar-refractivity contribution is 5.83. The maximum Gasteiger partial charge on any atom is 0.490 e. The number of alkyl halides is 9. The molecular formula is C30H37F9N4O5. The summed E-state index contributed by atoms with van der Waals surface area (Å²) in [7, 11) is 0. The number of likely N-dealkylation sites (tertiary alicyclic amines) is 1. The molecule has 270 valence electrons. The molecule has 0 spiro atoms. The van der Waals surface area contributed by atoms with Crippen molar-refractivity contribution in [3.8, 4) is 5.75 Å². The molecule has 1 aliphatic rings. The van der Waals surface area contributed by atoms with E-state index >= 15 is 0 Å². The fourth-order valence-electron chi connectivity index (χ4n) is 4.02. The Kier molecular flexibility index (Phi) is 17.6. The Morgan fingerprint density at radius 3 is 1.83 bits per heavy atom. The minimum atomic E-state index is -5.08. The van der Waals surface area contributed by atoms with Gasteiger partial charge in [-0.05, 0) is 74.4 Å². The second-order valence-corrected chi connectivity index (χ2v) is 10.3. The second-order valence-electron chi connectivity index (χ2n) is 10.3. The number of aliphatic carboxylic acids is 2. The zero-order chi connectivity index (χ0) is 36.4. The number of rotatable bonds is 10. The first-order valence-corrected chi connectivity index (χ1v) is 14.5. The van der Waals surface area contributed by atoms with Crippen molar-refractivity contribution in [2.45, 2.75) is 57.1 Å². The van der Waals surface area contributed by atoms with Crippen LogP contribution in [0.5, 0.6) is 5.75 Å².